The lowest BCUT2D eigenvalue weighted by Gasteiger charge is -2.05. The number of halogens is 2. The van der Waals surface area contributed by atoms with E-state index >= 15 is 0 Å². The molecule has 0 radical (unpaired) electrons. The van der Waals surface area contributed by atoms with Crippen LogP contribution in [0.4, 0.5) is 0 Å². The predicted octanol–water partition coefficient (Wildman–Crippen LogP) is -4.16. The molecule has 1 saturated heterocycles. The minimum absolute atomic E-state index is 0. The Kier molecular flexibility index (Phi) is 6.98. The zero-order chi connectivity index (χ0) is 9.68. The third-order valence-electron chi connectivity index (χ3n) is 1.66. The fourth-order valence-electron chi connectivity index (χ4n) is 1.05. The maximum atomic E-state index is 11.1. The molecule has 0 saturated carbocycles. The molecule has 14 heavy (non-hydrogen) atoms. The maximum Gasteiger partial charge on any atom is 0.367 e. The van der Waals surface area contributed by atoms with Crippen molar-refractivity contribution in [2.45, 2.75) is 6.42 Å². The van der Waals surface area contributed by atoms with Crippen LogP contribution in [0.25, 0.3) is 0 Å². The van der Waals surface area contributed by atoms with E-state index in [2.05, 4.69) is 16.1 Å². The normalized spacial score (nSPS) is 13.7. The molecule has 7 heteroatoms. The van der Waals surface area contributed by atoms with Crippen molar-refractivity contribution in [3.63, 3.8) is 0 Å². The molecule has 0 aromatic carbocycles. The SMILES string of the molecule is C[N+](NC(=O)CCCl)=C1NCCN1.[I-]. The summed E-state index contributed by atoms with van der Waals surface area (Å²) < 4.78 is 1.63. The van der Waals surface area contributed by atoms with Gasteiger partial charge in [0.05, 0.1) is 20.1 Å². The van der Waals surface area contributed by atoms with Gasteiger partial charge in [0.1, 0.15) is 0 Å². The van der Waals surface area contributed by atoms with Gasteiger partial charge in [0.25, 0.3) is 5.91 Å². The first-order chi connectivity index (χ1) is 6.24. The van der Waals surface area contributed by atoms with Crippen molar-refractivity contribution < 1.29 is 33.5 Å². The van der Waals surface area contributed by atoms with Crippen LogP contribution in [-0.2, 0) is 4.79 Å². The highest BCUT2D eigenvalue weighted by Gasteiger charge is 2.16. The second kappa shape index (κ2) is 7.10. The summed E-state index contributed by atoms with van der Waals surface area (Å²) in [6.07, 6.45) is 0.333. The van der Waals surface area contributed by atoms with Crippen LogP contribution in [0.3, 0.4) is 0 Å². The smallest absolute Gasteiger partial charge is 0.367 e. The Morgan fingerprint density at radius 2 is 2.14 bits per heavy atom. The molecular formula is C7H14ClIN4O. The second-order valence-electron chi connectivity index (χ2n) is 2.74. The third kappa shape index (κ3) is 4.32. The molecule has 1 heterocycles. The molecule has 0 aliphatic carbocycles. The number of nitrogens with one attached hydrogen (secondary N) is 3. The van der Waals surface area contributed by atoms with E-state index in [0.717, 1.165) is 19.0 Å². The van der Waals surface area contributed by atoms with Crippen molar-refractivity contribution in [1.82, 2.24) is 16.1 Å². The molecule has 0 unspecified atom stereocenters. The standard InChI is InChI=1S/C7H13ClN4O.HI/c1-12(7-9-4-5-10-7)11-6(13)2-3-8;/h2-5H2,1H3,(H2,9,10,11,13);1H. The summed E-state index contributed by atoms with van der Waals surface area (Å²) in [7, 11) is 1.77. The Hall–Kier alpha value is -0.240. The number of carbonyl (C=O) groups excluding carboxylic acids is 1. The topological polar surface area (TPSA) is 56.2 Å². The number of guanidine groups is 1. The van der Waals surface area contributed by atoms with Gasteiger partial charge in [-0.2, -0.15) is 4.68 Å². The van der Waals surface area contributed by atoms with Gasteiger partial charge in [-0.15, -0.1) is 11.6 Å². The maximum absolute atomic E-state index is 11.1. The van der Waals surface area contributed by atoms with Gasteiger partial charge in [0.2, 0.25) is 0 Å². The van der Waals surface area contributed by atoms with E-state index in [4.69, 9.17) is 11.6 Å². The Labute approximate surface area is 105 Å². The second-order valence-corrected chi connectivity index (χ2v) is 3.11. The molecule has 1 aliphatic rings. The Balaban J connectivity index is 0.00000169. The van der Waals surface area contributed by atoms with Crippen molar-refractivity contribution >= 4 is 23.5 Å². The molecule has 0 aromatic rings. The first-order valence-electron chi connectivity index (χ1n) is 4.18. The molecule has 0 aromatic heterocycles. The molecular weight excluding hydrogens is 318 g/mol. The summed E-state index contributed by atoms with van der Waals surface area (Å²) in [4.78, 5) is 11.1. The van der Waals surface area contributed by atoms with Crippen LogP contribution in [0.5, 0.6) is 0 Å². The van der Waals surface area contributed by atoms with Crippen LogP contribution in [0.15, 0.2) is 0 Å². The largest absolute Gasteiger partial charge is 1.00 e. The summed E-state index contributed by atoms with van der Waals surface area (Å²) >= 11 is 5.42. The number of alkyl halides is 1. The molecule has 5 nitrogen and oxygen atoms in total. The molecule has 3 N–H and O–H groups in total. The van der Waals surface area contributed by atoms with Crippen molar-refractivity contribution in [3.8, 4) is 0 Å². The van der Waals surface area contributed by atoms with Gasteiger partial charge in [-0.1, -0.05) is 0 Å². The summed E-state index contributed by atoms with van der Waals surface area (Å²) in [6, 6.07) is 0. The van der Waals surface area contributed by atoms with Crippen molar-refractivity contribution in [3.05, 3.63) is 0 Å². The summed E-state index contributed by atoms with van der Waals surface area (Å²) in [5.74, 6) is 1.08. The number of hydrogen-bond acceptors (Lipinski definition) is 1. The van der Waals surface area contributed by atoms with Crippen molar-refractivity contribution in [2.75, 3.05) is 26.0 Å². The average molecular weight is 333 g/mol. The fourth-order valence-corrected chi connectivity index (χ4v) is 1.22. The molecule has 0 bridgehead atoms. The monoisotopic (exact) mass is 332 g/mol. The van der Waals surface area contributed by atoms with Gasteiger partial charge < -0.3 is 24.0 Å². The van der Waals surface area contributed by atoms with Gasteiger partial charge in [0.15, 0.2) is 0 Å². The lowest BCUT2D eigenvalue weighted by molar-refractivity contribution is -0.549. The average Bonchev–Trinajstić information content (AvgIpc) is 2.55. The van der Waals surface area contributed by atoms with Crippen molar-refractivity contribution in [2.24, 2.45) is 0 Å². The number of hydrogen-bond donors (Lipinski definition) is 3. The van der Waals surface area contributed by atoms with E-state index in [0.29, 0.717) is 12.3 Å². The Morgan fingerprint density at radius 3 is 2.64 bits per heavy atom. The van der Waals surface area contributed by atoms with E-state index in [1.807, 2.05) is 0 Å². The molecule has 1 aliphatic heterocycles. The van der Waals surface area contributed by atoms with Gasteiger partial charge in [-0.3, -0.25) is 15.4 Å². The van der Waals surface area contributed by atoms with Crippen LogP contribution >= 0.6 is 11.6 Å². The first-order valence-corrected chi connectivity index (χ1v) is 4.71. The van der Waals surface area contributed by atoms with Crippen LogP contribution in [0.2, 0.25) is 0 Å². The minimum atomic E-state index is -0.0829. The number of hydrazine groups is 1. The highest BCUT2D eigenvalue weighted by molar-refractivity contribution is 6.18. The lowest BCUT2D eigenvalue weighted by atomic mass is 10.5. The van der Waals surface area contributed by atoms with Crippen molar-refractivity contribution in [1.29, 1.82) is 0 Å². The van der Waals surface area contributed by atoms with Crippen LogP contribution in [0.1, 0.15) is 6.42 Å². The van der Waals surface area contributed by atoms with Gasteiger partial charge in [0, 0.05) is 12.3 Å². The Morgan fingerprint density at radius 1 is 1.57 bits per heavy atom. The minimum Gasteiger partial charge on any atom is -1.00 e. The van der Waals surface area contributed by atoms with Gasteiger partial charge >= 0.3 is 5.96 Å². The van der Waals surface area contributed by atoms with Crippen LogP contribution < -0.4 is 40.0 Å². The number of carbonyl (C=O) groups is 1. The number of amides is 1. The molecule has 0 spiro atoms. The Bertz CT molecular complexity index is 226. The molecule has 1 fully saturated rings. The first kappa shape index (κ1) is 13.8. The lowest BCUT2D eigenvalue weighted by Crippen LogP contribution is -3.00. The summed E-state index contributed by atoms with van der Waals surface area (Å²) in [5.41, 5.74) is 2.67. The van der Waals surface area contributed by atoms with E-state index in [1.165, 1.54) is 0 Å². The zero-order valence-corrected chi connectivity index (χ0v) is 10.9. The van der Waals surface area contributed by atoms with E-state index in [-0.39, 0.29) is 29.9 Å². The quantitative estimate of drug-likeness (QED) is 0.213. The fraction of sp³-hybridized carbons (Fsp3) is 0.714. The van der Waals surface area contributed by atoms with Gasteiger partial charge in [-0.25, -0.2) is 5.43 Å². The van der Waals surface area contributed by atoms with Crippen LogP contribution in [-0.4, -0.2) is 42.6 Å². The molecule has 1 amide bonds. The zero-order valence-electron chi connectivity index (χ0n) is 7.94. The number of rotatable bonds is 3. The van der Waals surface area contributed by atoms with Gasteiger partial charge in [-0.05, 0) is 0 Å². The number of hydrazone groups is 1. The van der Waals surface area contributed by atoms with E-state index in [1.54, 1.807) is 11.7 Å². The summed E-state index contributed by atoms with van der Waals surface area (Å²) in [6.45, 7) is 1.76. The third-order valence-corrected chi connectivity index (χ3v) is 1.85. The highest BCUT2D eigenvalue weighted by atomic mass is 127. The number of nitrogens with zero attached hydrogens (tertiary/aromatic N) is 1. The molecule has 0 atom stereocenters. The predicted molar refractivity (Wildman–Crippen MR) is 50.7 cm³/mol. The summed E-state index contributed by atoms with van der Waals surface area (Å²) in [5, 5.41) is 6.18. The molecule has 82 valence electrons. The highest BCUT2D eigenvalue weighted by Crippen LogP contribution is 1.83. The van der Waals surface area contributed by atoms with E-state index < -0.39 is 0 Å². The van der Waals surface area contributed by atoms with E-state index in [9.17, 15) is 4.79 Å². The van der Waals surface area contributed by atoms with Crippen LogP contribution in [0, 0.1) is 0 Å². The molecule has 1 rings (SSSR count).